The Labute approximate surface area is 190 Å². The molecule has 0 bridgehead atoms. The highest BCUT2D eigenvalue weighted by atomic mass is 32.2. The second kappa shape index (κ2) is 9.08. The molecule has 10 heteroatoms. The summed E-state index contributed by atoms with van der Waals surface area (Å²) in [5.41, 5.74) is 1.42. The van der Waals surface area contributed by atoms with Gasteiger partial charge in [0.05, 0.1) is 16.4 Å². The predicted molar refractivity (Wildman–Crippen MR) is 122 cm³/mol. The number of benzene rings is 2. The van der Waals surface area contributed by atoms with Crippen LogP contribution in [0.4, 0.5) is 5.69 Å². The van der Waals surface area contributed by atoms with Gasteiger partial charge in [-0.25, -0.2) is 8.42 Å². The smallest absolute Gasteiger partial charge is 0.269 e. The number of hydrogen-bond donors (Lipinski definition) is 0. The van der Waals surface area contributed by atoms with Gasteiger partial charge in [-0.1, -0.05) is 24.3 Å². The highest BCUT2D eigenvalue weighted by Gasteiger charge is 2.27. The van der Waals surface area contributed by atoms with Crippen molar-refractivity contribution in [2.45, 2.75) is 24.3 Å². The number of carbonyl (C=O) groups excluding carboxylic acids is 1. The van der Waals surface area contributed by atoms with Gasteiger partial charge in [0.25, 0.3) is 11.2 Å². The maximum absolute atomic E-state index is 12.8. The second-order valence-electron chi connectivity index (χ2n) is 7.75. The first-order chi connectivity index (χ1) is 15.8. The van der Waals surface area contributed by atoms with E-state index in [1.54, 1.807) is 36.4 Å². The maximum atomic E-state index is 12.8. The van der Waals surface area contributed by atoms with Crippen LogP contribution in [-0.4, -0.2) is 41.1 Å². The summed E-state index contributed by atoms with van der Waals surface area (Å²) in [6.45, 7) is 0.599. The van der Waals surface area contributed by atoms with Gasteiger partial charge in [-0.2, -0.15) is 4.31 Å². The Balaban J connectivity index is 1.52. The first kappa shape index (κ1) is 22.6. The largest absolute Gasteiger partial charge is 0.306 e. The summed E-state index contributed by atoms with van der Waals surface area (Å²) in [4.78, 5) is 35.3. The maximum Gasteiger partial charge on any atom is 0.269 e. The molecule has 2 heterocycles. The number of hydrogen-bond acceptors (Lipinski definition) is 6. The highest BCUT2D eigenvalue weighted by molar-refractivity contribution is 7.89. The van der Waals surface area contributed by atoms with Crippen LogP contribution in [0.1, 0.15) is 23.2 Å². The van der Waals surface area contributed by atoms with Crippen LogP contribution in [0.2, 0.25) is 0 Å². The molecule has 1 aliphatic rings. The van der Waals surface area contributed by atoms with Crippen molar-refractivity contribution in [2.24, 2.45) is 0 Å². The van der Waals surface area contributed by atoms with E-state index >= 15 is 0 Å². The van der Waals surface area contributed by atoms with Crippen LogP contribution in [-0.2, 0) is 16.6 Å². The summed E-state index contributed by atoms with van der Waals surface area (Å²) >= 11 is 0. The summed E-state index contributed by atoms with van der Waals surface area (Å²) in [6, 6.07) is 15.1. The van der Waals surface area contributed by atoms with E-state index in [0.717, 1.165) is 34.6 Å². The third-order valence-electron chi connectivity index (χ3n) is 5.59. The van der Waals surface area contributed by atoms with Crippen LogP contribution in [0, 0.1) is 10.1 Å². The summed E-state index contributed by atoms with van der Waals surface area (Å²) < 4.78 is 28.0. The molecule has 33 heavy (non-hydrogen) atoms. The minimum Gasteiger partial charge on any atom is -0.306 e. The van der Waals surface area contributed by atoms with Crippen molar-refractivity contribution >= 4 is 21.5 Å². The second-order valence-corrected chi connectivity index (χ2v) is 9.68. The molecule has 0 unspecified atom stereocenters. The Morgan fingerprint density at radius 3 is 2.06 bits per heavy atom. The number of rotatable bonds is 7. The number of carbonyl (C=O) groups is 1. The highest BCUT2D eigenvalue weighted by Crippen LogP contribution is 2.23. The van der Waals surface area contributed by atoms with Crippen molar-refractivity contribution < 1.29 is 18.1 Å². The molecule has 1 saturated heterocycles. The molecule has 1 fully saturated rings. The van der Waals surface area contributed by atoms with E-state index in [1.165, 1.54) is 28.7 Å². The lowest BCUT2D eigenvalue weighted by Gasteiger charge is -2.16. The van der Waals surface area contributed by atoms with E-state index < -0.39 is 20.5 Å². The van der Waals surface area contributed by atoms with Crippen LogP contribution in [0.5, 0.6) is 0 Å². The molecular formula is C23H21N3O6S. The van der Waals surface area contributed by atoms with Crippen LogP contribution < -0.4 is 5.56 Å². The zero-order valence-corrected chi connectivity index (χ0v) is 18.4. The number of nitrogens with zero attached hydrogens (tertiary/aromatic N) is 3. The van der Waals surface area contributed by atoms with Gasteiger partial charge < -0.3 is 4.57 Å². The molecule has 1 aromatic heterocycles. The van der Waals surface area contributed by atoms with Crippen molar-refractivity contribution in [3.05, 3.63) is 92.9 Å². The van der Waals surface area contributed by atoms with E-state index in [9.17, 15) is 28.1 Å². The normalized spacial score (nSPS) is 14.3. The number of nitro benzene ring substituents is 1. The van der Waals surface area contributed by atoms with E-state index in [1.807, 2.05) is 0 Å². The molecule has 0 radical (unpaired) electrons. The number of aromatic nitrogens is 1. The van der Waals surface area contributed by atoms with Crippen LogP contribution in [0.25, 0.3) is 11.1 Å². The topological polar surface area (TPSA) is 120 Å². The van der Waals surface area contributed by atoms with E-state index in [2.05, 4.69) is 0 Å². The molecule has 9 nitrogen and oxygen atoms in total. The van der Waals surface area contributed by atoms with E-state index in [-0.39, 0.29) is 22.9 Å². The Hall–Kier alpha value is -3.63. The summed E-state index contributed by atoms with van der Waals surface area (Å²) in [7, 11) is -3.70. The predicted octanol–water partition coefficient (Wildman–Crippen LogP) is 3.09. The molecule has 0 atom stereocenters. The van der Waals surface area contributed by atoms with Crippen molar-refractivity contribution in [2.75, 3.05) is 13.1 Å². The minimum atomic E-state index is -3.70. The van der Waals surface area contributed by atoms with Crippen molar-refractivity contribution in [3.8, 4) is 11.1 Å². The van der Waals surface area contributed by atoms with Gasteiger partial charge >= 0.3 is 0 Å². The lowest BCUT2D eigenvalue weighted by molar-refractivity contribution is -0.384. The molecule has 0 aliphatic carbocycles. The van der Waals surface area contributed by atoms with Crippen molar-refractivity contribution in [3.63, 3.8) is 0 Å². The number of sulfonamides is 1. The third-order valence-corrected chi connectivity index (χ3v) is 7.47. The van der Waals surface area contributed by atoms with Crippen molar-refractivity contribution in [1.82, 2.24) is 8.87 Å². The number of nitro groups is 1. The number of ketones is 1. The van der Waals surface area contributed by atoms with Gasteiger partial charge in [0.1, 0.15) is 0 Å². The van der Waals surface area contributed by atoms with Gasteiger partial charge in [0.15, 0.2) is 5.78 Å². The fraction of sp³-hybridized carbons (Fsp3) is 0.217. The SMILES string of the molecule is O=C(Cn1cc(S(=O)(=O)N2CCCC2)ccc1=O)c1ccc(-c2ccc([N+](=O)[O-])cc2)cc1. The molecular weight excluding hydrogens is 446 g/mol. The monoisotopic (exact) mass is 467 g/mol. The molecule has 0 saturated carbocycles. The van der Waals surface area contributed by atoms with Gasteiger partial charge in [-0.05, 0) is 42.2 Å². The zero-order chi connectivity index (χ0) is 23.6. The number of non-ortho nitro benzene ring substituents is 1. The van der Waals surface area contributed by atoms with E-state index in [4.69, 9.17) is 0 Å². The Bertz CT molecular complexity index is 1360. The molecule has 2 aromatic carbocycles. The molecule has 0 amide bonds. The molecule has 170 valence electrons. The summed E-state index contributed by atoms with van der Waals surface area (Å²) in [5, 5.41) is 10.8. The summed E-state index contributed by atoms with van der Waals surface area (Å²) in [6.07, 6.45) is 2.82. The molecule has 0 N–H and O–H groups in total. The van der Waals surface area contributed by atoms with Gasteiger partial charge in [0, 0.05) is 43.0 Å². The first-order valence-corrected chi connectivity index (χ1v) is 11.8. The van der Waals surface area contributed by atoms with Crippen molar-refractivity contribution in [1.29, 1.82) is 0 Å². The Morgan fingerprint density at radius 1 is 0.909 bits per heavy atom. The Kier molecular flexibility index (Phi) is 6.21. The van der Waals surface area contributed by atoms with Gasteiger partial charge in [0.2, 0.25) is 10.0 Å². The fourth-order valence-electron chi connectivity index (χ4n) is 3.73. The molecule has 0 spiro atoms. The zero-order valence-electron chi connectivity index (χ0n) is 17.6. The van der Waals surface area contributed by atoms with Crippen LogP contribution >= 0.6 is 0 Å². The standard InChI is InChI=1S/C23H21N3O6S/c27-22(19-5-3-17(4-6-19)18-7-9-20(10-8-18)26(29)30)16-24-15-21(11-12-23(24)28)33(31,32)25-13-1-2-14-25/h3-12,15H,1-2,13-14,16H2. The van der Waals surface area contributed by atoms with Crippen LogP contribution in [0.15, 0.2) is 76.6 Å². The lowest BCUT2D eigenvalue weighted by Crippen LogP contribution is -2.30. The molecule has 3 aromatic rings. The fourth-order valence-corrected chi connectivity index (χ4v) is 5.27. The molecule has 1 aliphatic heterocycles. The quantitative estimate of drug-likeness (QED) is 0.299. The van der Waals surface area contributed by atoms with E-state index in [0.29, 0.717) is 18.7 Å². The minimum absolute atomic E-state index is 0.00896. The average Bonchev–Trinajstić information content (AvgIpc) is 3.36. The lowest BCUT2D eigenvalue weighted by atomic mass is 10.0. The van der Waals surface area contributed by atoms with Gasteiger partial charge in [-0.3, -0.25) is 19.7 Å². The van der Waals surface area contributed by atoms with Crippen LogP contribution in [0.3, 0.4) is 0 Å². The van der Waals surface area contributed by atoms with Gasteiger partial charge in [-0.15, -0.1) is 0 Å². The first-order valence-electron chi connectivity index (χ1n) is 10.3. The number of Topliss-reactive ketones (excluding diaryl/α,β-unsaturated/α-hetero) is 1. The average molecular weight is 468 g/mol. The summed E-state index contributed by atoms with van der Waals surface area (Å²) in [5.74, 6) is -0.344. The Morgan fingerprint density at radius 2 is 1.48 bits per heavy atom. The molecule has 4 rings (SSSR count). The third kappa shape index (κ3) is 4.76. The number of pyridine rings is 1.